The van der Waals surface area contributed by atoms with E-state index in [1.807, 2.05) is 6.92 Å². The maximum absolute atomic E-state index is 13.4. The third kappa shape index (κ3) is 4.53. The highest BCUT2D eigenvalue weighted by Gasteiger charge is 2.69. The number of carbonyl (C=O) groups is 1. The fourth-order valence-corrected chi connectivity index (χ4v) is 4.13. The van der Waals surface area contributed by atoms with Crippen molar-refractivity contribution in [3.63, 3.8) is 0 Å². The van der Waals surface area contributed by atoms with E-state index in [0.29, 0.717) is 25.3 Å². The number of aliphatic hydroxyl groups is 1. The fraction of sp³-hybridized carbons (Fsp3) is 0.632. The van der Waals surface area contributed by atoms with Crippen LogP contribution in [0.5, 0.6) is 0 Å². The Kier molecular flexibility index (Phi) is 6.56. The Bertz CT molecular complexity index is 779. The molecule has 0 bridgehead atoms. The second kappa shape index (κ2) is 8.66. The number of anilines is 1. The molecule has 7 nitrogen and oxygen atoms in total. The first-order valence-electron chi connectivity index (χ1n) is 9.73. The molecule has 0 radical (unpaired) electrons. The van der Waals surface area contributed by atoms with E-state index in [0.717, 1.165) is 12.5 Å². The molecule has 11 heteroatoms. The van der Waals surface area contributed by atoms with E-state index < -0.39 is 23.6 Å². The molecule has 2 aliphatic rings. The van der Waals surface area contributed by atoms with Gasteiger partial charge in [0.15, 0.2) is 0 Å². The van der Waals surface area contributed by atoms with Crippen LogP contribution in [0.3, 0.4) is 0 Å². The van der Waals surface area contributed by atoms with Crippen molar-refractivity contribution in [3.05, 3.63) is 29.6 Å². The maximum atomic E-state index is 13.4. The number of nitrogens with zero attached hydrogens (tertiary/aromatic N) is 1. The van der Waals surface area contributed by atoms with E-state index in [1.54, 1.807) is 0 Å². The number of halogens is 4. The maximum Gasteiger partial charge on any atom is 0.419 e. The first-order chi connectivity index (χ1) is 14.1. The van der Waals surface area contributed by atoms with Gasteiger partial charge in [-0.05, 0) is 37.5 Å². The number of fused-ring (bicyclic) bond motifs is 1. The Morgan fingerprint density at radius 1 is 1.37 bits per heavy atom. The summed E-state index contributed by atoms with van der Waals surface area (Å²) >= 11 is 0. The molecule has 2 saturated heterocycles. The van der Waals surface area contributed by atoms with Crippen LogP contribution >= 0.6 is 0 Å². The molecule has 30 heavy (non-hydrogen) atoms. The minimum atomic E-state index is -4.85. The van der Waals surface area contributed by atoms with Crippen LogP contribution in [0.2, 0.25) is 0 Å². The molecule has 1 aromatic carbocycles. The molecule has 0 aliphatic carbocycles. The van der Waals surface area contributed by atoms with E-state index in [1.165, 1.54) is 0 Å². The number of hydrogen-bond donors (Lipinski definition) is 4. The number of hydrogen-bond acceptors (Lipinski definition) is 5. The van der Waals surface area contributed by atoms with Gasteiger partial charge in [0.25, 0.3) is 0 Å². The lowest BCUT2D eigenvalue weighted by molar-refractivity contribution is -0.139. The average molecular weight is 434 g/mol. The smallest absolute Gasteiger partial charge is 0.394 e. The van der Waals surface area contributed by atoms with Crippen molar-refractivity contribution >= 4 is 11.7 Å². The summed E-state index contributed by atoms with van der Waals surface area (Å²) in [5.41, 5.74) is -1.84. The zero-order valence-corrected chi connectivity index (χ0v) is 16.7. The van der Waals surface area contributed by atoms with Gasteiger partial charge in [-0.2, -0.15) is 13.2 Å². The zero-order chi connectivity index (χ0) is 22.1. The van der Waals surface area contributed by atoms with Crippen LogP contribution in [0, 0.1) is 11.7 Å². The summed E-state index contributed by atoms with van der Waals surface area (Å²) in [6, 6.07) is 1.67. The van der Waals surface area contributed by atoms with Gasteiger partial charge in [0.05, 0.1) is 37.1 Å². The average Bonchev–Trinajstić information content (AvgIpc) is 3.15. The molecule has 5 atom stereocenters. The number of rotatable bonds is 8. The van der Waals surface area contributed by atoms with E-state index in [4.69, 9.17) is 9.84 Å². The van der Waals surface area contributed by atoms with E-state index in [-0.39, 0.29) is 42.7 Å². The highest BCUT2D eigenvalue weighted by molar-refractivity contribution is 5.90. The van der Waals surface area contributed by atoms with Crippen molar-refractivity contribution in [1.29, 1.82) is 0 Å². The molecular formula is C19H26F4N4O3. The van der Waals surface area contributed by atoms with Crippen molar-refractivity contribution in [3.8, 4) is 0 Å². The van der Waals surface area contributed by atoms with Gasteiger partial charge >= 0.3 is 12.2 Å². The van der Waals surface area contributed by atoms with E-state index in [2.05, 4.69) is 27.8 Å². The molecule has 0 spiro atoms. The second-order valence-corrected chi connectivity index (χ2v) is 7.77. The number of urea groups is 1. The highest BCUT2D eigenvalue weighted by atomic mass is 19.4. The van der Waals surface area contributed by atoms with Crippen LogP contribution in [0.15, 0.2) is 18.2 Å². The summed E-state index contributed by atoms with van der Waals surface area (Å²) in [6.07, 6.45) is -4.22. The summed E-state index contributed by atoms with van der Waals surface area (Å²) in [4.78, 5) is 14.4. The Labute approximate surface area is 171 Å². The zero-order valence-electron chi connectivity index (χ0n) is 16.7. The van der Waals surface area contributed by atoms with Crippen molar-refractivity contribution in [2.75, 3.05) is 31.7 Å². The van der Waals surface area contributed by atoms with Crippen LogP contribution in [0.4, 0.5) is 28.0 Å². The number of piperidine rings is 1. The van der Waals surface area contributed by atoms with Gasteiger partial charge in [-0.15, -0.1) is 0 Å². The summed E-state index contributed by atoms with van der Waals surface area (Å²) in [6.45, 7) is 5.36. The van der Waals surface area contributed by atoms with Gasteiger partial charge < -0.3 is 20.5 Å². The number of benzene rings is 1. The molecule has 2 heterocycles. The molecule has 1 aromatic rings. The minimum Gasteiger partial charge on any atom is -0.394 e. The topological polar surface area (TPSA) is 85.6 Å². The SMILES string of the molecule is CC1CC(NCCOCCO)N2C(NC(=O)Nc3ccc(F)c(C(F)(F)F)c3)C12C. The summed E-state index contributed by atoms with van der Waals surface area (Å²) in [5.74, 6) is -1.11. The normalized spacial score (nSPS) is 30.1. The summed E-state index contributed by atoms with van der Waals surface area (Å²) in [5, 5.41) is 17.2. The van der Waals surface area contributed by atoms with E-state index >= 15 is 0 Å². The Morgan fingerprint density at radius 2 is 2.10 bits per heavy atom. The molecule has 0 aromatic heterocycles. The van der Waals surface area contributed by atoms with Crippen LogP contribution < -0.4 is 16.0 Å². The first-order valence-corrected chi connectivity index (χ1v) is 9.73. The lowest BCUT2D eigenvalue weighted by Gasteiger charge is -2.20. The number of carbonyl (C=O) groups excluding carboxylic acids is 1. The molecule has 2 aliphatic heterocycles. The van der Waals surface area contributed by atoms with Crippen LogP contribution in [0.1, 0.15) is 25.8 Å². The van der Waals surface area contributed by atoms with Crippen molar-refractivity contribution in [1.82, 2.24) is 15.5 Å². The van der Waals surface area contributed by atoms with Crippen molar-refractivity contribution in [2.45, 2.75) is 44.3 Å². The first kappa shape index (κ1) is 22.7. The van der Waals surface area contributed by atoms with Gasteiger partial charge in [-0.1, -0.05) is 6.92 Å². The molecule has 3 rings (SSSR count). The molecule has 0 saturated carbocycles. The standard InChI is InChI=1S/C19H26F4N4O3/c1-11-9-15(24-5-7-30-8-6-28)27-16(18(11,27)2)26-17(29)25-12-3-4-14(20)13(10-12)19(21,22)23/h3-4,10-11,15-16,24,28H,5-9H2,1-2H3,(H2,25,26,29). The van der Waals surface area contributed by atoms with Crippen LogP contribution in [-0.2, 0) is 10.9 Å². The van der Waals surface area contributed by atoms with Gasteiger partial charge in [0.1, 0.15) is 12.0 Å². The van der Waals surface area contributed by atoms with Crippen molar-refractivity contribution < 1.29 is 32.2 Å². The largest absolute Gasteiger partial charge is 0.419 e. The summed E-state index contributed by atoms with van der Waals surface area (Å²) < 4.78 is 57.2. The van der Waals surface area contributed by atoms with E-state index in [9.17, 15) is 22.4 Å². The van der Waals surface area contributed by atoms with Crippen LogP contribution in [0.25, 0.3) is 0 Å². The third-order valence-corrected chi connectivity index (χ3v) is 5.89. The fourth-order valence-electron chi connectivity index (χ4n) is 4.13. The molecular weight excluding hydrogens is 408 g/mol. The molecule has 2 amide bonds. The Hall–Kier alpha value is -1.95. The van der Waals surface area contributed by atoms with Gasteiger partial charge in [-0.3, -0.25) is 10.2 Å². The monoisotopic (exact) mass is 434 g/mol. The molecule has 5 unspecified atom stereocenters. The Balaban J connectivity index is 1.56. The molecule has 168 valence electrons. The number of alkyl halides is 3. The number of amides is 2. The summed E-state index contributed by atoms with van der Waals surface area (Å²) in [7, 11) is 0. The van der Waals surface area contributed by atoms with Gasteiger partial charge in [0, 0.05) is 12.2 Å². The number of nitrogens with one attached hydrogen (secondary N) is 3. The lowest BCUT2D eigenvalue weighted by atomic mass is 9.93. The van der Waals surface area contributed by atoms with Gasteiger partial charge in [-0.25, -0.2) is 9.18 Å². The van der Waals surface area contributed by atoms with Gasteiger partial charge in [0.2, 0.25) is 0 Å². The predicted octanol–water partition coefficient (Wildman–Crippen LogP) is 2.33. The quantitative estimate of drug-likeness (QED) is 0.287. The molecule has 2 fully saturated rings. The number of ether oxygens (including phenoxy) is 1. The number of aliphatic hydroxyl groups excluding tert-OH is 1. The second-order valence-electron chi connectivity index (χ2n) is 7.77. The predicted molar refractivity (Wildman–Crippen MR) is 101 cm³/mol. The Morgan fingerprint density at radius 3 is 2.77 bits per heavy atom. The minimum absolute atomic E-state index is 0.0238. The highest BCUT2D eigenvalue weighted by Crippen LogP contribution is 2.54. The van der Waals surface area contributed by atoms with Crippen LogP contribution in [-0.4, -0.2) is 60.3 Å². The third-order valence-electron chi connectivity index (χ3n) is 5.89. The van der Waals surface area contributed by atoms with Crippen molar-refractivity contribution in [2.24, 2.45) is 5.92 Å². The lowest BCUT2D eigenvalue weighted by Crippen LogP contribution is -2.43. The molecule has 4 N–H and O–H groups in total.